The molecule has 1 atom stereocenters. The molecule has 3 aromatic carbocycles. The average molecular weight is 530 g/mol. The highest BCUT2D eigenvalue weighted by Crippen LogP contribution is 2.41. The van der Waals surface area contributed by atoms with E-state index in [1.807, 2.05) is 66.7 Å². The Morgan fingerprint density at radius 3 is 2.29 bits per heavy atom. The third kappa shape index (κ3) is 5.42. The summed E-state index contributed by atoms with van der Waals surface area (Å²) in [5.74, 6) is 2.34. The second-order valence-corrected chi connectivity index (χ2v) is 11.3. The number of carbonyl (C=O) groups is 1. The fraction of sp³-hybridized carbons (Fsp3) is 0.344. The number of likely N-dealkylation sites (tertiary alicyclic amines) is 1. The third-order valence-corrected chi connectivity index (χ3v) is 8.96. The Hall–Kier alpha value is -3.35. The van der Waals surface area contributed by atoms with Gasteiger partial charge in [0, 0.05) is 39.2 Å². The molecule has 1 aliphatic rings. The van der Waals surface area contributed by atoms with Crippen LogP contribution in [0.4, 0.5) is 0 Å². The van der Waals surface area contributed by atoms with Crippen molar-refractivity contribution < 1.29 is 19.0 Å². The summed E-state index contributed by atoms with van der Waals surface area (Å²) in [6.07, 6.45) is 2.47. The number of fused-ring (bicyclic) bond motifs is 1. The largest absolute Gasteiger partial charge is 0.497 e. The Kier molecular flexibility index (Phi) is 7.73. The number of methoxy groups -OCH3 is 2. The lowest BCUT2D eigenvalue weighted by Crippen LogP contribution is -2.28. The number of ketones is 1. The maximum absolute atomic E-state index is 13.9. The zero-order chi connectivity index (χ0) is 26.7. The van der Waals surface area contributed by atoms with Crippen molar-refractivity contribution in [1.29, 1.82) is 0 Å². The highest BCUT2D eigenvalue weighted by atomic mass is 32.1. The SMILES string of the molecule is CCC1(C)CCN(CCOc2ccc(C(=O)c3c(-c4ccc(OC)cc4)sc4cc(OC)ccc34)cc2)C1. The van der Waals surface area contributed by atoms with Crippen molar-refractivity contribution in [3.63, 3.8) is 0 Å². The minimum absolute atomic E-state index is 0.00490. The van der Waals surface area contributed by atoms with E-state index < -0.39 is 0 Å². The Morgan fingerprint density at radius 1 is 0.947 bits per heavy atom. The second kappa shape index (κ2) is 11.2. The maximum Gasteiger partial charge on any atom is 0.195 e. The summed E-state index contributed by atoms with van der Waals surface area (Å²) in [5, 5.41) is 0.927. The first kappa shape index (κ1) is 26.3. The van der Waals surface area contributed by atoms with Gasteiger partial charge >= 0.3 is 0 Å². The normalized spacial score (nSPS) is 17.6. The molecule has 0 bridgehead atoms. The van der Waals surface area contributed by atoms with E-state index in [0.717, 1.165) is 57.4 Å². The van der Waals surface area contributed by atoms with Crippen LogP contribution in [-0.2, 0) is 0 Å². The van der Waals surface area contributed by atoms with E-state index in [1.54, 1.807) is 25.6 Å². The monoisotopic (exact) mass is 529 g/mol. The standard InChI is InChI=1S/C32H35NO4S/c1-5-32(2)16-17-33(21-32)18-19-37-25-12-6-22(7-13-25)30(34)29-27-15-14-26(36-4)20-28(27)38-31(29)23-8-10-24(35-3)11-9-23/h6-15,20H,5,16-19,21H2,1-4H3. The molecule has 6 heteroatoms. The highest BCUT2D eigenvalue weighted by Gasteiger charge is 2.31. The van der Waals surface area contributed by atoms with Crippen molar-refractivity contribution in [1.82, 2.24) is 4.90 Å². The van der Waals surface area contributed by atoms with Gasteiger partial charge in [-0.25, -0.2) is 0 Å². The summed E-state index contributed by atoms with van der Waals surface area (Å²) >= 11 is 1.60. The molecule has 1 unspecified atom stereocenters. The summed E-state index contributed by atoms with van der Waals surface area (Å²) in [7, 11) is 3.31. The summed E-state index contributed by atoms with van der Waals surface area (Å²) in [5.41, 5.74) is 2.76. The minimum atomic E-state index is -0.00490. The number of rotatable bonds is 10. The topological polar surface area (TPSA) is 48.0 Å². The minimum Gasteiger partial charge on any atom is -0.497 e. The predicted octanol–water partition coefficient (Wildman–Crippen LogP) is 7.32. The molecule has 0 N–H and O–H groups in total. The number of hydrogen-bond acceptors (Lipinski definition) is 6. The van der Waals surface area contributed by atoms with Crippen LogP contribution in [0.25, 0.3) is 20.5 Å². The molecule has 1 saturated heterocycles. The van der Waals surface area contributed by atoms with Crippen molar-refractivity contribution in [3.05, 3.63) is 77.9 Å². The first-order valence-electron chi connectivity index (χ1n) is 13.2. The van der Waals surface area contributed by atoms with Crippen molar-refractivity contribution >= 4 is 27.2 Å². The number of nitrogens with zero attached hydrogens (tertiary/aromatic N) is 1. The molecule has 1 aromatic heterocycles. The van der Waals surface area contributed by atoms with E-state index in [9.17, 15) is 4.79 Å². The molecule has 4 aromatic rings. The van der Waals surface area contributed by atoms with Crippen LogP contribution in [0.1, 0.15) is 42.6 Å². The van der Waals surface area contributed by atoms with Crippen LogP contribution in [0, 0.1) is 5.41 Å². The quantitative estimate of drug-likeness (QED) is 0.202. The number of thiophene rings is 1. The molecule has 38 heavy (non-hydrogen) atoms. The molecule has 0 amide bonds. The fourth-order valence-corrected chi connectivity index (χ4v) is 6.35. The van der Waals surface area contributed by atoms with Gasteiger partial charge in [0.05, 0.1) is 14.2 Å². The van der Waals surface area contributed by atoms with Gasteiger partial charge in [-0.15, -0.1) is 11.3 Å². The van der Waals surface area contributed by atoms with Gasteiger partial charge in [0.25, 0.3) is 0 Å². The number of hydrogen-bond donors (Lipinski definition) is 0. The van der Waals surface area contributed by atoms with E-state index in [4.69, 9.17) is 14.2 Å². The van der Waals surface area contributed by atoms with Crippen LogP contribution in [0.2, 0.25) is 0 Å². The van der Waals surface area contributed by atoms with E-state index in [-0.39, 0.29) is 5.78 Å². The summed E-state index contributed by atoms with van der Waals surface area (Å²) in [6.45, 7) is 8.49. The van der Waals surface area contributed by atoms with E-state index in [2.05, 4.69) is 18.7 Å². The van der Waals surface area contributed by atoms with Gasteiger partial charge in [-0.3, -0.25) is 9.69 Å². The van der Waals surface area contributed by atoms with E-state index in [0.29, 0.717) is 23.1 Å². The number of ether oxygens (including phenoxy) is 3. The molecule has 2 heterocycles. The van der Waals surface area contributed by atoms with Crippen molar-refractivity contribution in [2.24, 2.45) is 5.41 Å². The van der Waals surface area contributed by atoms with Crippen LogP contribution >= 0.6 is 11.3 Å². The molecular weight excluding hydrogens is 494 g/mol. The smallest absolute Gasteiger partial charge is 0.195 e. The van der Waals surface area contributed by atoms with Crippen LogP contribution in [0.3, 0.4) is 0 Å². The van der Waals surface area contributed by atoms with Crippen LogP contribution in [-0.4, -0.2) is 51.1 Å². The predicted molar refractivity (Wildman–Crippen MR) is 155 cm³/mol. The van der Waals surface area contributed by atoms with Crippen molar-refractivity contribution in [2.75, 3.05) is 40.5 Å². The van der Waals surface area contributed by atoms with E-state index in [1.165, 1.54) is 12.8 Å². The molecular formula is C32H35NO4S. The zero-order valence-electron chi connectivity index (χ0n) is 22.6. The fourth-order valence-electron chi connectivity index (χ4n) is 5.12. The molecule has 1 fully saturated rings. The number of benzene rings is 3. The summed E-state index contributed by atoms with van der Waals surface area (Å²) < 4.78 is 17.8. The first-order chi connectivity index (χ1) is 18.4. The van der Waals surface area contributed by atoms with Gasteiger partial charge < -0.3 is 14.2 Å². The number of carbonyl (C=O) groups excluding carboxylic acids is 1. The highest BCUT2D eigenvalue weighted by molar-refractivity contribution is 7.22. The molecule has 198 valence electrons. The molecule has 5 nitrogen and oxygen atoms in total. The van der Waals surface area contributed by atoms with Crippen molar-refractivity contribution in [2.45, 2.75) is 26.7 Å². The van der Waals surface area contributed by atoms with Gasteiger partial charge in [0.1, 0.15) is 23.9 Å². The summed E-state index contributed by atoms with van der Waals surface area (Å²) in [4.78, 5) is 17.3. The Balaban J connectivity index is 1.36. The van der Waals surface area contributed by atoms with E-state index >= 15 is 0 Å². The lowest BCUT2D eigenvalue weighted by Gasteiger charge is -2.22. The van der Waals surface area contributed by atoms with Gasteiger partial charge in [0.2, 0.25) is 0 Å². The van der Waals surface area contributed by atoms with Crippen molar-refractivity contribution in [3.8, 4) is 27.7 Å². The maximum atomic E-state index is 13.9. The second-order valence-electron chi connectivity index (χ2n) is 10.3. The van der Waals surface area contributed by atoms with Gasteiger partial charge in [-0.1, -0.05) is 13.8 Å². The van der Waals surface area contributed by atoms with Gasteiger partial charge in [0.15, 0.2) is 5.78 Å². The molecule has 5 rings (SSSR count). The molecule has 0 spiro atoms. The lowest BCUT2D eigenvalue weighted by atomic mass is 9.87. The molecule has 0 saturated carbocycles. The lowest BCUT2D eigenvalue weighted by molar-refractivity contribution is 0.104. The summed E-state index contributed by atoms with van der Waals surface area (Å²) in [6, 6.07) is 21.3. The van der Waals surface area contributed by atoms with Gasteiger partial charge in [-0.2, -0.15) is 0 Å². The molecule has 1 aliphatic heterocycles. The Morgan fingerprint density at radius 2 is 1.63 bits per heavy atom. The molecule has 0 radical (unpaired) electrons. The van der Waals surface area contributed by atoms with Crippen LogP contribution in [0.5, 0.6) is 17.2 Å². The first-order valence-corrected chi connectivity index (χ1v) is 14.0. The third-order valence-electron chi connectivity index (χ3n) is 7.76. The van der Waals surface area contributed by atoms with Crippen LogP contribution < -0.4 is 14.2 Å². The Bertz CT molecular complexity index is 1410. The van der Waals surface area contributed by atoms with Crippen LogP contribution in [0.15, 0.2) is 66.7 Å². The van der Waals surface area contributed by atoms with Gasteiger partial charge in [-0.05, 0) is 97.1 Å². The molecule has 0 aliphatic carbocycles. The Labute approximate surface area is 229 Å². The zero-order valence-corrected chi connectivity index (χ0v) is 23.4. The average Bonchev–Trinajstić information content (AvgIpc) is 3.53.